The molecule has 2 aromatic carbocycles. The minimum atomic E-state index is -0.235. The van der Waals surface area contributed by atoms with Crippen molar-refractivity contribution in [3.8, 4) is 11.1 Å². The largest absolute Gasteiger partial charge is 0.462 e. The molecule has 0 aliphatic rings. The van der Waals surface area contributed by atoms with Gasteiger partial charge in [-0.3, -0.25) is 0 Å². The van der Waals surface area contributed by atoms with Crippen molar-refractivity contribution in [2.45, 2.75) is 33.1 Å². The van der Waals surface area contributed by atoms with Crippen LogP contribution < -0.4 is 0 Å². The lowest BCUT2D eigenvalue weighted by Crippen LogP contribution is -2.06. The molecule has 0 amide bonds. The molecule has 2 rings (SSSR count). The average Bonchev–Trinajstić information content (AvgIpc) is 2.52. The summed E-state index contributed by atoms with van der Waals surface area (Å²) in [6.45, 7) is 4.71. The molecular weight excluding hydrogens is 260 g/mol. The molecule has 0 saturated heterocycles. The summed E-state index contributed by atoms with van der Waals surface area (Å²) in [6, 6.07) is 16.0. The number of benzene rings is 2. The van der Waals surface area contributed by atoms with Crippen LogP contribution in [0.15, 0.2) is 48.5 Å². The number of carbonyl (C=O) groups excluding carboxylic acids is 1. The standard InChI is InChI=1S/C19H22O2/c1-3-4-5-14-21-19(20)18-12-10-17(11-13-18)16-8-6-15(2)7-9-16/h6-13H,3-5,14H2,1-2H3. The molecule has 2 heteroatoms. The third-order valence-corrected chi connectivity index (χ3v) is 3.49. The fraction of sp³-hybridized carbons (Fsp3) is 0.316. The number of ether oxygens (including phenoxy) is 1. The molecule has 2 aromatic rings. The summed E-state index contributed by atoms with van der Waals surface area (Å²) >= 11 is 0. The van der Waals surface area contributed by atoms with E-state index < -0.39 is 0 Å². The number of carbonyl (C=O) groups is 1. The second-order valence-corrected chi connectivity index (χ2v) is 5.29. The Labute approximate surface area is 126 Å². The Kier molecular flexibility index (Phi) is 5.56. The third kappa shape index (κ3) is 4.45. The van der Waals surface area contributed by atoms with Crippen molar-refractivity contribution in [3.05, 3.63) is 59.7 Å². The van der Waals surface area contributed by atoms with Crippen LogP contribution in [0.3, 0.4) is 0 Å². The maximum absolute atomic E-state index is 11.9. The zero-order chi connectivity index (χ0) is 15.1. The van der Waals surface area contributed by atoms with Crippen molar-refractivity contribution in [2.75, 3.05) is 6.61 Å². The molecule has 0 fully saturated rings. The van der Waals surface area contributed by atoms with Crippen LogP contribution in [0.1, 0.15) is 42.1 Å². The molecule has 21 heavy (non-hydrogen) atoms. The van der Waals surface area contributed by atoms with Gasteiger partial charge in [0.1, 0.15) is 0 Å². The van der Waals surface area contributed by atoms with Crippen LogP contribution in [0.5, 0.6) is 0 Å². The first-order chi connectivity index (χ1) is 10.2. The van der Waals surface area contributed by atoms with Crippen molar-refractivity contribution in [3.63, 3.8) is 0 Å². The van der Waals surface area contributed by atoms with Crippen molar-refractivity contribution >= 4 is 5.97 Å². The minimum Gasteiger partial charge on any atom is -0.462 e. The lowest BCUT2D eigenvalue weighted by molar-refractivity contribution is 0.0498. The highest BCUT2D eigenvalue weighted by atomic mass is 16.5. The van der Waals surface area contributed by atoms with Crippen molar-refractivity contribution in [1.29, 1.82) is 0 Å². The predicted octanol–water partition coefficient (Wildman–Crippen LogP) is 5.01. The van der Waals surface area contributed by atoms with Crippen LogP contribution in [0, 0.1) is 6.92 Å². The van der Waals surface area contributed by atoms with Gasteiger partial charge in [0.15, 0.2) is 0 Å². The Balaban J connectivity index is 1.98. The Morgan fingerprint density at radius 1 is 0.905 bits per heavy atom. The first-order valence-electron chi connectivity index (χ1n) is 7.55. The molecule has 0 unspecified atom stereocenters. The quantitative estimate of drug-likeness (QED) is 0.550. The van der Waals surface area contributed by atoms with Crippen LogP contribution in [-0.4, -0.2) is 12.6 Å². The van der Waals surface area contributed by atoms with Gasteiger partial charge in [0.2, 0.25) is 0 Å². The van der Waals surface area contributed by atoms with Crippen molar-refractivity contribution in [1.82, 2.24) is 0 Å². The van der Waals surface area contributed by atoms with Crippen molar-refractivity contribution < 1.29 is 9.53 Å². The van der Waals surface area contributed by atoms with Gasteiger partial charge in [-0.05, 0) is 36.6 Å². The summed E-state index contributed by atoms with van der Waals surface area (Å²) in [5, 5.41) is 0. The molecule has 0 saturated carbocycles. The number of hydrogen-bond donors (Lipinski definition) is 0. The molecule has 0 heterocycles. The van der Waals surface area contributed by atoms with Crippen LogP contribution in [0.2, 0.25) is 0 Å². The van der Waals surface area contributed by atoms with E-state index in [0.717, 1.165) is 30.4 Å². The molecule has 0 spiro atoms. The summed E-state index contributed by atoms with van der Waals surface area (Å²) in [5.41, 5.74) is 4.12. The molecular formula is C19H22O2. The summed E-state index contributed by atoms with van der Waals surface area (Å²) in [7, 11) is 0. The number of aryl methyl sites for hydroxylation is 1. The zero-order valence-corrected chi connectivity index (χ0v) is 12.8. The number of hydrogen-bond acceptors (Lipinski definition) is 2. The highest BCUT2D eigenvalue weighted by Gasteiger charge is 2.07. The van der Waals surface area contributed by atoms with E-state index >= 15 is 0 Å². The molecule has 2 nitrogen and oxygen atoms in total. The van der Waals surface area contributed by atoms with E-state index in [2.05, 4.69) is 38.1 Å². The third-order valence-electron chi connectivity index (χ3n) is 3.49. The van der Waals surface area contributed by atoms with Gasteiger partial charge in [-0.2, -0.15) is 0 Å². The van der Waals surface area contributed by atoms with Crippen LogP contribution in [0.25, 0.3) is 11.1 Å². The van der Waals surface area contributed by atoms with Gasteiger partial charge in [-0.25, -0.2) is 4.79 Å². The molecule has 110 valence electrons. The van der Waals surface area contributed by atoms with Gasteiger partial charge in [0.25, 0.3) is 0 Å². The summed E-state index contributed by atoms with van der Waals surface area (Å²) in [4.78, 5) is 11.9. The fourth-order valence-electron chi connectivity index (χ4n) is 2.15. The first-order valence-corrected chi connectivity index (χ1v) is 7.55. The van der Waals surface area contributed by atoms with E-state index in [0.29, 0.717) is 12.2 Å². The second kappa shape index (κ2) is 7.63. The van der Waals surface area contributed by atoms with Gasteiger partial charge in [-0.1, -0.05) is 61.7 Å². The molecule has 0 aliphatic carbocycles. The molecule has 0 bridgehead atoms. The van der Waals surface area contributed by atoms with E-state index in [1.54, 1.807) is 0 Å². The predicted molar refractivity (Wildman–Crippen MR) is 86.4 cm³/mol. The lowest BCUT2D eigenvalue weighted by Gasteiger charge is -2.06. The van der Waals surface area contributed by atoms with Crippen molar-refractivity contribution in [2.24, 2.45) is 0 Å². The van der Waals surface area contributed by atoms with Gasteiger partial charge in [-0.15, -0.1) is 0 Å². The van der Waals surface area contributed by atoms with Crippen LogP contribution in [-0.2, 0) is 4.74 Å². The Bertz CT molecular complexity index is 568. The van der Waals surface area contributed by atoms with Crippen LogP contribution >= 0.6 is 0 Å². The molecule has 0 radical (unpaired) electrons. The lowest BCUT2D eigenvalue weighted by atomic mass is 10.0. The highest BCUT2D eigenvalue weighted by molar-refractivity contribution is 5.90. The Morgan fingerprint density at radius 3 is 2.05 bits per heavy atom. The number of esters is 1. The van der Waals surface area contributed by atoms with E-state index in [-0.39, 0.29) is 5.97 Å². The fourth-order valence-corrected chi connectivity index (χ4v) is 2.15. The van der Waals surface area contributed by atoms with Crippen LogP contribution in [0.4, 0.5) is 0 Å². The topological polar surface area (TPSA) is 26.3 Å². The van der Waals surface area contributed by atoms with Gasteiger partial charge in [0.05, 0.1) is 12.2 Å². The van der Waals surface area contributed by atoms with E-state index in [4.69, 9.17) is 4.74 Å². The zero-order valence-electron chi connectivity index (χ0n) is 12.8. The summed E-state index contributed by atoms with van der Waals surface area (Å²) in [5.74, 6) is -0.235. The Hall–Kier alpha value is -2.09. The van der Waals surface area contributed by atoms with E-state index in [1.165, 1.54) is 5.56 Å². The van der Waals surface area contributed by atoms with Gasteiger partial charge < -0.3 is 4.74 Å². The SMILES string of the molecule is CCCCCOC(=O)c1ccc(-c2ccc(C)cc2)cc1. The van der Waals surface area contributed by atoms with E-state index in [1.807, 2.05) is 24.3 Å². The Morgan fingerprint density at radius 2 is 1.48 bits per heavy atom. The monoisotopic (exact) mass is 282 g/mol. The maximum atomic E-state index is 11.9. The smallest absolute Gasteiger partial charge is 0.338 e. The molecule has 0 aliphatic heterocycles. The molecule has 0 aromatic heterocycles. The summed E-state index contributed by atoms with van der Waals surface area (Å²) < 4.78 is 5.25. The minimum absolute atomic E-state index is 0.235. The van der Waals surface area contributed by atoms with Gasteiger partial charge >= 0.3 is 5.97 Å². The second-order valence-electron chi connectivity index (χ2n) is 5.29. The summed E-state index contributed by atoms with van der Waals surface area (Å²) in [6.07, 6.45) is 3.16. The molecule has 0 N–H and O–H groups in total. The van der Waals surface area contributed by atoms with E-state index in [9.17, 15) is 4.79 Å². The maximum Gasteiger partial charge on any atom is 0.338 e. The molecule has 0 atom stereocenters. The normalized spacial score (nSPS) is 10.4. The average molecular weight is 282 g/mol. The first kappa shape index (κ1) is 15.3. The van der Waals surface area contributed by atoms with Gasteiger partial charge in [0, 0.05) is 0 Å². The number of unbranched alkanes of at least 4 members (excludes halogenated alkanes) is 2. The highest BCUT2D eigenvalue weighted by Crippen LogP contribution is 2.20. The number of rotatable bonds is 6.